The number of aromatic nitrogens is 1. The first-order valence-electron chi connectivity index (χ1n) is 6.30. The van der Waals surface area contributed by atoms with Gasteiger partial charge in [-0.1, -0.05) is 12.1 Å². The summed E-state index contributed by atoms with van der Waals surface area (Å²) in [6.45, 7) is 2.74. The largest absolute Gasteiger partial charge is 0.462 e. The number of carbonyl (C=O) groups is 1. The van der Waals surface area contributed by atoms with Gasteiger partial charge in [0.25, 0.3) is 0 Å². The van der Waals surface area contributed by atoms with Crippen molar-refractivity contribution in [1.82, 2.24) is 4.98 Å². The Bertz CT molecular complexity index is 602. The number of esters is 1. The monoisotopic (exact) mass is 334 g/mol. The molecule has 0 aliphatic rings. The average Bonchev–Trinajstić information content (AvgIpc) is 2.46. The molecule has 20 heavy (non-hydrogen) atoms. The molecular formula is C15H15BrN2O2. The number of para-hydroxylation sites is 1. The molecule has 2 rings (SSSR count). The lowest BCUT2D eigenvalue weighted by Gasteiger charge is -2.11. The van der Waals surface area contributed by atoms with Crippen LogP contribution in [0.2, 0.25) is 0 Å². The van der Waals surface area contributed by atoms with E-state index in [1.54, 1.807) is 25.4 Å². The summed E-state index contributed by atoms with van der Waals surface area (Å²) < 4.78 is 5.97. The summed E-state index contributed by atoms with van der Waals surface area (Å²) in [5.41, 5.74) is 2.32. The molecule has 0 radical (unpaired) electrons. The van der Waals surface area contributed by atoms with E-state index in [1.807, 2.05) is 24.3 Å². The first-order chi connectivity index (χ1) is 9.70. The molecule has 0 amide bonds. The number of hydrogen-bond acceptors (Lipinski definition) is 4. The molecule has 104 valence electrons. The molecular weight excluding hydrogens is 320 g/mol. The van der Waals surface area contributed by atoms with Crippen LogP contribution in [0.25, 0.3) is 0 Å². The minimum atomic E-state index is -0.317. The lowest BCUT2D eigenvalue weighted by Crippen LogP contribution is -2.09. The van der Waals surface area contributed by atoms with Crippen LogP contribution in [0.15, 0.2) is 47.2 Å². The standard InChI is InChI=1S/C15H15BrN2O2/c1-2-20-15(19)13-5-3-4-6-14(13)18-9-11-7-12(16)10-17-8-11/h3-8,10,18H,2,9H2,1H3. The van der Waals surface area contributed by atoms with E-state index < -0.39 is 0 Å². The number of carbonyl (C=O) groups excluding carboxylic acids is 1. The summed E-state index contributed by atoms with van der Waals surface area (Å²) in [7, 11) is 0. The van der Waals surface area contributed by atoms with Crippen LogP contribution in [-0.4, -0.2) is 17.6 Å². The third-order valence-corrected chi connectivity index (χ3v) is 3.10. The van der Waals surface area contributed by atoms with Crippen LogP contribution < -0.4 is 5.32 Å². The van der Waals surface area contributed by atoms with Gasteiger partial charge in [-0.05, 0) is 46.6 Å². The highest BCUT2D eigenvalue weighted by molar-refractivity contribution is 9.10. The molecule has 0 atom stereocenters. The Morgan fingerprint density at radius 3 is 2.90 bits per heavy atom. The number of nitrogens with zero attached hydrogens (tertiary/aromatic N) is 1. The Morgan fingerprint density at radius 2 is 2.15 bits per heavy atom. The van der Waals surface area contributed by atoms with Crippen molar-refractivity contribution in [3.05, 3.63) is 58.3 Å². The predicted octanol–water partition coefficient (Wildman–Crippen LogP) is 3.63. The maximum absolute atomic E-state index is 11.8. The van der Waals surface area contributed by atoms with E-state index >= 15 is 0 Å². The second-order valence-electron chi connectivity index (χ2n) is 4.13. The lowest BCUT2D eigenvalue weighted by molar-refractivity contribution is 0.0527. The second-order valence-corrected chi connectivity index (χ2v) is 5.05. The van der Waals surface area contributed by atoms with Crippen LogP contribution in [0.1, 0.15) is 22.8 Å². The SMILES string of the molecule is CCOC(=O)c1ccccc1NCc1cncc(Br)c1. The van der Waals surface area contributed by atoms with Crippen molar-refractivity contribution in [2.45, 2.75) is 13.5 Å². The fraction of sp³-hybridized carbons (Fsp3) is 0.200. The zero-order valence-corrected chi connectivity index (χ0v) is 12.7. The number of anilines is 1. The van der Waals surface area contributed by atoms with Gasteiger partial charge in [0.05, 0.1) is 12.2 Å². The third kappa shape index (κ3) is 3.81. The minimum absolute atomic E-state index is 0.317. The fourth-order valence-electron chi connectivity index (χ4n) is 1.77. The quantitative estimate of drug-likeness (QED) is 0.848. The molecule has 0 spiro atoms. The van der Waals surface area contributed by atoms with Crippen LogP contribution in [0.5, 0.6) is 0 Å². The lowest BCUT2D eigenvalue weighted by atomic mass is 10.1. The molecule has 4 nitrogen and oxygen atoms in total. The maximum Gasteiger partial charge on any atom is 0.340 e. The van der Waals surface area contributed by atoms with Crippen LogP contribution >= 0.6 is 15.9 Å². The van der Waals surface area contributed by atoms with Gasteiger partial charge < -0.3 is 10.1 Å². The fourth-order valence-corrected chi connectivity index (χ4v) is 2.19. The summed E-state index contributed by atoms with van der Waals surface area (Å²) in [4.78, 5) is 16.0. The van der Waals surface area contributed by atoms with Gasteiger partial charge in [-0.15, -0.1) is 0 Å². The van der Waals surface area contributed by atoms with E-state index in [-0.39, 0.29) is 5.97 Å². The van der Waals surface area contributed by atoms with E-state index in [0.29, 0.717) is 18.7 Å². The summed E-state index contributed by atoms with van der Waals surface area (Å²) in [5.74, 6) is -0.317. The van der Waals surface area contributed by atoms with E-state index in [2.05, 4.69) is 26.2 Å². The van der Waals surface area contributed by atoms with Crippen molar-refractivity contribution in [3.63, 3.8) is 0 Å². The molecule has 1 N–H and O–H groups in total. The Kier molecular flexibility index (Phi) is 5.12. The molecule has 0 unspecified atom stereocenters. The van der Waals surface area contributed by atoms with Crippen LogP contribution in [-0.2, 0) is 11.3 Å². The zero-order valence-electron chi connectivity index (χ0n) is 11.1. The Hall–Kier alpha value is -1.88. The van der Waals surface area contributed by atoms with E-state index in [4.69, 9.17) is 4.74 Å². The zero-order chi connectivity index (χ0) is 14.4. The van der Waals surface area contributed by atoms with Gasteiger partial charge in [-0.2, -0.15) is 0 Å². The summed E-state index contributed by atoms with van der Waals surface area (Å²) >= 11 is 3.38. The van der Waals surface area contributed by atoms with Crippen molar-refractivity contribution in [1.29, 1.82) is 0 Å². The molecule has 0 bridgehead atoms. The highest BCUT2D eigenvalue weighted by Crippen LogP contribution is 2.18. The average molecular weight is 335 g/mol. The van der Waals surface area contributed by atoms with Gasteiger partial charge in [-0.25, -0.2) is 4.79 Å². The van der Waals surface area contributed by atoms with Gasteiger partial charge in [0.1, 0.15) is 0 Å². The van der Waals surface area contributed by atoms with Gasteiger partial charge in [0.2, 0.25) is 0 Å². The first-order valence-corrected chi connectivity index (χ1v) is 7.09. The van der Waals surface area contributed by atoms with Gasteiger partial charge >= 0.3 is 5.97 Å². The number of benzene rings is 1. The van der Waals surface area contributed by atoms with Crippen molar-refractivity contribution >= 4 is 27.6 Å². The number of hydrogen-bond donors (Lipinski definition) is 1. The van der Waals surface area contributed by atoms with Gasteiger partial charge in [0, 0.05) is 29.1 Å². The van der Waals surface area contributed by atoms with E-state index in [1.165, 1.54) is 0 Å². The molecule has 0 saturated carbocycles. The molecule has 0 saturated heterocycles. The molecule has 5 heteroatoms. The van der Waals surface area contributed by atoms with E-state index in [9.17, 15) is 4.79 Å². The predicted molar refractivity (Wildman–Crippen MR) is 81.7 cm³/mol. The minimum Gasteiger partial charge on any atom is -0.462 e. The number of ether oxygens (including phenoxy) is 1. The summed E-state index contributed by atoms with van der Waals surface area (Å²) in [5, 5.41) is 3.23. The Balaban J connectivity index is 2.11. The highest BCUT2D eigenvalue weighted by Gasteiger charge is 2.11. The van der Waals surface area contributed by atoms with Crippen molar-refractivity contribution in [2.75, 3.05) is 11.9 Å². The Labute approximate surface area is 126 Å². The number of nitrogens with one attached hydrogen (secondary N) is 1. The van der Waals surface area contributed by atoms with Crippen molar-refractivity contribution < 1.29 is 9.53 Å². The third-order valence-electron chi connectivity index (χ3n) is 2.67. The molecule has 0 fully saturated rings. The summed E-state index contributed by atoms with van der Waals surface area (Å²) in [6, 6.07) is 9.28. The van der Waals surface area contributed by atoms with Gasteiger partial charge in [0.15, 0.2) is 0 Å². The normalized spacial score (nSPS) is 10.1. The number of halogens is 1. The second kappa shape index (κ2) is 7.05. The maximum atomic E-state index is 11.8. The molecule has 0 aliphatic carbocycles. The summed E-state index contributed by atoms with van der Waals surface area (Å²) in [6.07, 6.45) is 3.51. The molecule has 1 aromatic carbocycles. The first kappa shape index (κ1) is 14.5. The number of rotatable bonds is 5. The van der Waals surface area contributed by atoms with Crippen LogP contribution in [0, 0.1) is 0 Å². The molecule has 0 aliphatic heterocycles. The van der Waals surface area contributed by atoms with Crippen molar-refractivity contribution in [2.24, 2.45) is 0 Å². The van der Waals surface area contributed by atoms with Crippen molar-refractivity contribution in [3.8, 4) is 0 Å². The van der Waals surface area contributed by atoms with Crippen LogP contribution in [0.4, 0.5) is 5.69 Å². The van der Waals surface area contributed by atoms with Crippen LogP contribution in [0.3, 0.4) is 0 Å². The molecule has 2 aromatic rings. The number of pyridine rings is 1. The smallest absolute Gasteiger partial charge is 0.340 e. The van der Waals surface area contributed by atoms with E-state index in [0.717, 1.165) is 15.7 Å². The molecule has 1 heterocycles. The van der Waals surface area contributed by atoms with Gasteiger partial charge in [-0.3, -0.25) is 4.98 Å². The highest BCUT2D eigenvalue weighted by atomic mass is 79.9. The Morgan fingerprint density at radius 1 is 1.35 bits per heavy atom. The molecule has 1 aromatic heterocycles. The topological polar surface area (TPSA) is 51.2 Å².